The predicted octanol–water partition coefficient (Wildman–Crippen LogP) is 3.22. The SMILES string of the molecule is CC(C#N)c1cc(Br)ccc1F. The van der Waals surface area contributed by atoms with Crippen molar-refractivity contribution in [1.29, 1.82) is 5.26 Å². The molecule has 0 aliphatic carbocycles. The second-order valence-corrected chi connectivity index (χ2v) is 3.43. The van der Waals surface area contributed by atoms with Crippen molar-refractivity contribution in [1.82, 2.24) is 0 Å². The normalized spacial score (nSPS) is 12.2. The maximum absolute atomic E-state index is 13.0. The van der Waals surface area contributed by atoms with Gasteiger partial charge in [-0.1, -0.05) is 15.9 Å². The van der Waals surface area contributed by atoms with Crippen molar-refractivity contribution in [2.24, 2.45) is 0 Å². The summed E-state index contributed by atoms with van der Waals surface area (Å²) in [6, 6.07) is 6.59. The van der Waals surface area contributed by atoms with Gasteiger partial charge in [-0.25, -0.2) is 4.39 Å². The average molecular weight is 228 g/mol. The minimum Gasteiger partial charge on any atom is -0.207 e. The highest BCUT2D eigenvalue weighted by atomic mass is 79.9. The summed E-state index contributed by atoms with van der Waals surface area (Å²) in [4.78, 5) is 0. The van der Waals surface area contributed by atoms with Crippen LogP contribution in [0.4, 0.5) is 4.39 Å². The summed E-state index contributed by atoms with van der Waals surface area (Å²) >= 11 is 3.22. The van der Waals surface area contributed by atoms with Crippen LogP contribution in [-0.4, -0.2) is 0 Å². The fraction of sp³-hybridized carbons (Fsp3) is 0.222. The van der Waals surface area contributed by atoms with Crippen molar-refractivity contribution >= 4 is 15.9 Å². The van der Waals surface area contributed by atoms with Crippen LogP contribution in [0.3, 0.4) is 0 Å². The highest BCUT2D eigenvalue weighted by Crippen LogP contribution is 2.22. The second-order valence-electron chi connectivity index (χ2n) is 2.52. The summed E-state index contributed by atoms with van der Waals surface area (Å²) < 4.78 is 13.8. The van der Waals surface area contributed by atoms with Crippen LogP contribution in [0.15, 0.2) is 22.7 Å². The molecule has 1 rings (SSSR count). The van der Waals surface area contributed by atoms with Gasteiger partial charge in [0, 0.05) is 10.0 Å². The van der Waals surface area contributed by atoms with Crippen LogP contribution in [0.2, 0.25) is 0 Å². The minimum absolute atomic E-state index is 0.327. The molecule has 0 N–H and O–H groups in total. The maximum Gasteiger partial charge on any atom is 0.127 e. The van der Waals surface area contributed by atoms with Gasteiger partial charge in [-0.3, -0.25) is 0 Å². The number of nitriles is 1. The van der Waals surface area contributed by atoms with Gasteiger partial charge in [-0.2, -0.15) is 5.26 Å². The molecule has 0 saturated heterocycles. The Bertz CT molecular complexity index is 330. The number of hydrogen-bond donors (Lipinski definition) is 0. The molecular weight excluding hydrogens is 221 g/mol. The van der Waals surface area contributed by atoms with E-state index in [9.17, 15) is 4.39 Å². The number of halogens is 2. The van der Waals surface area contributed by atoms with Gasteiger partial charge in [0.15, 0.2) is 0 Å². The third-order valence-corrected chi connectivity index (χ3v) is 2.11. The van der Waals surface area contributed by atoms with Gasteiger partial charge < -0.3 is 0 Å². The fourth-order valence-electron chi connectivity index (χ4n) is 0.916. The molecule has 1 nitrogen and oxygen atoms in total. The van der Waals surface area contributed by atoms with E-state index < -0.39 is 5.92 Å². The summed E-state index contributed by atoms with van der Waals surface area (Å²) in [5, 5.41) is 8.57. The van der Waals surface area contributed by atoms with Crippen LogP contribution >= 0.6 is 15.9 Å². The highest BCUT2D eigenvalue weighted by Gasteiger charge is 2.09. The van der Waals surface area contributed by atoms with Crippen LogP contribution in [0.5, 0.6) is 0 Å². The molecule has 0 aliphatic rings. The molecule has 0 saturated carbocycles. The molecule has 0 aromatic heterocycles. The lowest BCUT2D eigenvalue weighted by molar-refractivity contribution is 0.606. The molecule has 12 heavy (non-hydrogen) atoms. The van der Waals surface area contributed by atoms with Gasteiger partial charge in [-0.15, -0.1) is 0 Å². The number of nitrogens with zero attached hydrogens (tertiary/aromatic N) is 1. The van der Waals surface area contributed by atoms with E-state index in [2.05, 4.69) is 15.9 Å². The standard InChI is InChI=1S/C9H7BrFN/c1-6(5-12)8-4-7(10)2-3-9(8)11/h2-4,6H,1H3. The molecule has 3 heteroatoms. The van der Waals surface area contributed by atoms with E-state index in [0.29, 0.717) is 5.56 Å². The van der Waals surface area contributed by atoms with Gasteiger partial charge in [0.25, 0.3) is 0 Å². The summed E-state index contributed by atoms with van der Waals surface area (Å²) in [5.74, 6) is -0.727. The maximum atomic E-state index is 13.0. The Balaban J connectivity index is 3.15. The third-order valence-electron chi connectivity index (χ3n) is 1.62. The topological polar surface area (TPSA) is 23.8 Å². The molecule has 1 aromatic rings. The molecule has 0 fully saturated rings. The van der Waals surface area contributed by atoms with Gasteiger partial charge in [0.05, 0.1) is 12.0 Å². The van der Waals surface area contributed by atoms with Crippen LogP contribution in [-0.2, 0) is 0 Å². The van der Waals surface area contributed by atoms with Crippen molar-refractivity contribution < 1.29 is 4.39 Å². The summed E-state index contributed by atoms with van der Waals surface area (Å²) in [6.45, 7) is 1.67. The molecule has 0 heterocycles. The van der Waals surface area contributed by atoms with Gasteiger partial charge in [0.2, 0.25) is 0 Å². The lowest BCUT2D eigenvalue weighted by Crippen LogP contribution is -1.93. The zero-order valence-corrected chi connectivity index (χ0v) is 8.10. The number of hydrogen-bond acceptors (Lipinski definition) is 1. The Morgan fingerprint density at radius 2 is 2.25 bits per heavy atom. The van der Waals surface area contributed by atoms with Crippen molar-refractivity contribution in [3.05, 3.63) is 34.1 Å². The van der Waals surface area contributed by atoms with Gasteiger partial charge in [-0.05, 0) is 25.1 Å². The predicted molar refractivity (Wildman–Crippen MR) is 48.1 cm³/mol. The van der Waals surface area contributed by atoms with Crippen LogP contribution in [0.25, 0.3) is 0 Å². The molecular formula is C9H7BrFN. The Kier molecular flexibility index (Phi) is 2.83. The molecule has 0 bridgehead atoms. The molecule has 0 amide bonds. The van der Waals surface area contributed by atoms with E-state index >= 15 is 0 Å². The van der Waals surface area contributed by atoms with Crippen LogP contribution in [0.1, 0.15) is 18.4 Å². The highest BCUT2D eigenvalue weighted by molar-refractivity contribution is 9.10. The summed E-state index contributed by atoms with van der Waals surface area (Å²) in [6.07, 6.45) is 0. The van der Waals surface area contributed by atoms with Crippen LogP contribution in [0, 0.1) is 17.1 Å². The zero-order valence-electron chi connectivity index (χ0n) is 6.51. The fourth-order valence-corrected chi connectivity index (χ4v) is 1.29. The molecule has 62 valence electrons. The first-order valence-electron chi connectivity index (χ1n) is 3.49. The summed E-state index contributed by atoms with van der Waals surface area (Å²) in [5.41, 5.74) is 0.437. The Morgan fingerprint density at radius 3 is 2.83 bits per heavy atom. The van der Waals surface area contributed by atoms with Crippen molar-refractivity contribution in [3.8, 4) is 6.07 Å². The first kappa shape index (κ1) is 9.21. The van der Waals surface area contributed by atoms with Gasteiger partial charge >= 0.3 is 0 Å². The second kappa shape index (κ2) is 3.68. The first-order valence-corrected chi connectivity index (χ1v) is 4.29. The van der Waals surface area contributed by atoms with E-state index in [1.165, 1.54) is 6.07 Å². The van der Waals surface area contributed by atoms with E-state index in [1.54, 1.807) is 19.1 Å². The van der Waals surface area contributed by atoms with Crippen molar-refractivity contribution in [2.75, 3.05) is 0 Å². The van der Waals surface area contributed by atoms with Gasteiger partial charge in [0.1, 0.15) is 5.82 Å². The Morgan fingerprint density at radius 1 is 1.58 bits per heavy atom. The quantitative estimate of drug-likeness (QED) is 0.723. The number of benzene rings is 1. The molecule has 0 aliphatic heterocycles. The van der Waals surface area contributed by atoms with Crippen molar-refractivity contribution in [3.63, 3.8) is 0 Å². The van der Waals surface area contributed by atoms with E-state index in [4.69, 9.17) is 5.26 Å². The summed E-state index contributed by atoms with van der Waals surface area (Å²) in [7, 11) is 0. The smallest absolute Gasteiger partial charge is 0.127 e. The molecule has 1 unspecified atom stereocenters. The third kappa shape index (κ3) is 1.83. The van der Waals surface area contributed by atoms with Crippen molar-refractivity contribution in [2.45, 2.75) is 12.8 Å². The lowest BCUT2D eigenvalue weighted by atomic mass is 10.0. The van der Waals surface area contributed by atoms with Crippen LogP contribution < -0.4 is 0 Å². The first-order chi connectivity index (χ1) is 5.65. The van der Waals surface area contributed by atoms with E-state index in [-0.39, 0.29) is 5.82 Å². The van der Waals surface area contributed by atoms with E-state index in [0.717, 1.165) is 4.47 Å². The Labute approximate surface area is 79.0 Å². The largest absolute Gasteiger partial charge is 0.207 e. The lowest BCUT2D eigenvalue weighted by Gasteiger charge is -2.04. The minimum atomic E-state index is -0.400. The Hall–Kier alpha value is -0.880. The number of rotatable bonds is 1. The zero-order chi connectivity index (χ0) is 9.14. The molecule has 1 atom stereocenters. The van der Waals surface area contributed by atoms with E-state index in [1.807, 2.05) is 6.07 Å². The molecule has 1 aromatic carbocycles. The molecule has 0 radical (unpaired) electrons. The molecule has 0 spiro atoms. The average Bonchev–Trinajstić information content (AvgIpc) is 2.08. The monoisotopic (exact) mass is 227 g/mol.